The number of carbonyl (C=O) groups is 2. The van der Waals surface area contributed by atoms with Gasteiger partial charge in [0, 0.05) is 17.6 Å². The maximum Gasteiger partial charge on any atom is 0.264 e. The number of anilines is 1. The van der Waals surface area contributed by atoms with Crippen molar-refractivity contribution in [2.45, 2.75) is 64.6 Å². The summed E-state index contributed by atoms with van der Waals surface area (Å²) in [4.78, 5) is 28.3. The lowest BCUT2D eigenvalue weighted by Crippen LogP contribution is -2.54. The SMILES string of the molecule is CCOc1ccc(N(CC(=O)N(Cc2ccccc2F)C(C)C(=O)NC(C)(C)C)S(=O)(=O)c2ccc(C)cc2)cc1. The highest BCUT2D eigenvalue weighted by atomic mass is 32.2. The van der Waals surface area contributed by atoms with Crippen LogP contribution in [0.3, 0.4) is 0 Å². The predicted octanol–water partition coefficient (Wildman–Crippen LogP) is 5.06. The molecule has 0 aliphatic rings. The van der Waals surface area contributed by atoms with Gasteiger partial charge in [0.25, 0.3) is 10.0 Å². The van der Waals surface area contributed by atoms with Crippen molar-refractivity contribution in [3.05, 3.63) is 89.7 Å². The van der Waals surface area contributed by atoms with Crippen molar-refractivity contribution in [3.63, 3.8) is 0 Å². The number of nitrogens with one attached hydrogen (secondary N) is 1. The normalized spacial score (nSPS) is 12.4. The van der Waals surface area contributed by atoms with Gasteiger partial charge in [-0.3, -0.25) is 13.9 Å². The Morgan fingerprint density at radius 2 is 1.59 bits per heavy atom. The van der Waals surface area contributed by atoms with Crippen LogP contribution in [-0.2, 0) is 26.2 Å². The smallest absolute Gasteiger partial charge is 0.264 e. The van der Waals surface area contributed by atoms with Gasteiger partial charge in [0.2, 0.25) is 11.8 Å². The fourth-order valence-electron chi connectivity index (χ4n) is 4.11. The number of amides is 2. The molecule has 0 aromatic heterocycles. The largest absolute Gasteiger partial charge is 0.494 e. The number of hydrogen-bond acceptors (Lipinski definition) is 5. The molecule has 0 heterocycles. The summed E-state index contributed by atoms with van der Waals surface area (Å²) >= 11 is 0. The summed E-state index contributed by atoms with van der Waals surface area (Å²) in [5.41, 5.74) is 0.730. The highest BCUT2D eigenvalue weighted by molar-refractivity contribution is 7.92. The molecular formula is C31H38FN3O5S. The second-order valence-corrected chi connectivity index (χ2v) is 12.6. The van der Waals surface area contributed by atoms with E-state index in [1.807, 2.05) is 34.6 Å². The van der Waals surface area contributed by atoms with E-state index in [0.29, 0.717) is 12.4 Å². The molecule has 3 aromatic carbocycles. The molecule has 2 amide bonds. The van der Waals surface area contributed by atoms with Gasteiger partial charge in [0.1, 0.15) is 24.2 Å². The van der Waals surface area contributed by atoms with E-state index in [1.54, 1.807) is 42.5 Å². The van der Waals surface area contributed by atoms with E-state index >= 15 is 0 Å². The average molecular weight is 584 g/mol. The minimum absolute atomic E-state index is 0.00367. The third-order valence-electron chi connectivity index (χ3n) is 6.29. The fourth-order valence-corrected chi connectivity index (χ4v) is 5.52. The molecule has 0 saturated carbocycles. The van der Waals surface area contributed by atoms with E-state index < -0.39 is 45.8 Å². The highest BCUT2D eigenvalue weighted by Gasteiger charge is 2.33. The molecule has 3 aromatic rings. The second-order valence-electron chi connectivity index (χ2n) is 10.8. The first-order valence-corrected chi connectivity index (χ1v) is 14.8. The quantitative estimate of drug-likeness (QED) is 0.341. The summed E-state index contributed by atoms with van der Waals surface area (Å²) in [6.07, 6.45) is 0. The molecule has 1 N–H and O–H groups in total. The van der Waals surface area contributed by atoms with Crippen molar-refractivity contribution < 1.29 is 27.1 Å². The molecule has 1 unspecified atom stereocenters. The van der Waals surface area contributed by atoms with Crippen LogP contribution in [0.15, 0.2) is 77.7 Å². The van der Waals surface area contributed by atoms with Gasteiger partial charge in [-0.2, -0.15) is 0 Å². The lowest BCUT2D eigenvalue weighted by Gasteiger charge is -2.33. The number of halogens is 1. The van der Waals surface area contributed by atoms with E-state index in [0.717, 1.165) is 9.87 Å². The van der Waals surface area contributed by atoms with Crippen LogP contribution in [0.4, 0.5) is 10.1 Å². The number of carbonyl (C=O) groups excluding carboxylic acids is 2. The van der Waals surface area contributed by atoms with Gasteiger partial charge < -0.3 is 15.0 Å². The zero-order chi connectivity index (χ0) is 30.4. The molecule has 0 saturated heterocycles. The first kappa shape index (κ1) is 31.6. The summed E-state index contributed by atoms with van der Waals surface area (Å²) in [5, 5.41) is 2.85. The van der Waals surface area contributed by atoms with Gasteiger partial charge in [-0.1, -0.05) is 35.9 Å². The fraction of sp³-hybridized carbons (Fsp3) is 0.355. The molecule has 0 fully saturated rings. The van der Waals surface area contributed by atoms with Crippen molar-refractivity contribution in [1.82, 2.24) is 10.2 Å². The molecule has 0 radical (unpaired) electrons. The Bertz CT molecular complexity index is 1450. The third kappa shape index (κ3) is 8.29. The number of nitrogens with zero attached hydrogens (tertiary/aromatic N) is 2. The zero-order valence-corrected chi connectivity index (χ0v) is 25.2. The van der Waals surface area contributed by atoms with Crippen LogP contribution in [0.25, 0.3) is 0 Å². The van der Waals surface area contributed by atoms with Gasteiger partial charge >= 0.3 is 0 Å². The monoisotopic (exact) mass is 583 g/mol. The summed E-state index contributed by atoms with van der Waals surface area (Å²) in [7, 11) is -4.21. The average Bonchev–Trinajstić information content (AvgIpc) is 2.90. The van der Waals surface area contributed by atoms with E-state index in [2.05, 4.69) is 5.32 Å². The number of rotatable bonds is 11. The molecule has 0 aliphatic carbocycles. The molecule has 10 heteroatoms. The lowest BCUT2D eigenvalue weighted by atomic mass is 10.1. The number of hydrogen-bond donors (Lipinski definition) is 1. The van der Waals surface area contributed by atoms with Gasteiger partial charge in [0.05, 0.1) is 17.2 Å². The Morgan fingerprint density at radius 1 is 0.976 bits per heavy atom. The van der Waals surface area contributed by atoms with Gasteiger partial charge in [-0.05, 0) is 84.0 Å². The maximum atomic E-state index is 14.7. The molecule has 0 aliphatic heterocycles. The number of ether oxygens (including phenoxy) is 1. The van der Waals surface area contributed by atoms with Crippen LogP contribution in [0.2, 0.25) is 0 Å². The number of benzene rings is 3. The van der Waals surface area contributed by atoms with Crippen LogP contribution in [-0.4, -0.2) is 49.9 Å². The van der Waals surface area contributed by atoms with E-state index in [9.17, 15) is 22.4 Å². The molecule has 1 atom stereocenters. The van der Waals surface area contributed by atoms with Gasteiger partial charge in [0.15, 0.2) is 0 Å². The van der Waals surface area contributed by atoms with E-state index in [1.165, 1.54) is 42.2 Å². The Kier molecular flexibility index (Phi) is 10.1. The van der Waals surface area contributed by atoms with Gasteiger partial charge in [-0.15, -0.1) is 0 Å². The van der Waals surface area contributed by atoms with Crippen LogP contribution < -0.4 is 14.4 Å². The number of sulfonamides is 1. The van der Waals surface area contributed by atoms with Crippen molar-refractivity contribution in [2.24, 2.45) is 0 Å². The molecule has 220 valence electrons. The van der Waals surface area contributed by atoms with Crippen molar-refractivity contribution in [3.8, 4) is 5.75 Å². The standard InChI is InChI=1S/C31H38FN3O5S/c1-7-40-26-16-14-25(15-17-26)35(41(38,39)27-18-12-22(2)13-19-27)21-29(36)34(20-24-10-8-9-11-28(24)32)23(3)30(37)33-31(4,5)6/h8-19,23H,7,20-21H2,1-6H3,(H,33,37). The topological polar surface area (TPSA) is 96.0 Å². The van der Waals surface area contributed by atoms with E-state index in [-0.39, 0.29) is 22.7 Å². The molecule has 41 heavy (non-hydrogen) atoms. The van der Waals surface area contributed by atoms with Crippen LogP contribution in [0.1, 0.15) is 45.7 Å². The molecule has 0 spiro atoms. The lowest BCUT2D eigenvalue weighted by molar-refractivity contribution is -0.140. The van der Waals surface area contributed by atoms with E-state index in [4.69, 9.17) is 4.74 Å². The van der Waals surface area contributed by atoms with Crippen molar-refractivity contribution in [2.75, 3.05) is 17.5 Å². The maximum absolute atomic E-state index is 14.7. The molecule has 3 rings (SSSR count). The van der Waals surface area contributed by atoms with Crippen LogP contribution in [0.5, 0.6) is 5.75 Å². The Balaban J connectivity index is 2.05. The minimum Gasteiger partial charge on any atom is -0.494 e. The highest BCUT2D eigenvalue weighted by Crippen LogP contribution is 2.27. The molecular weight excluding hydrogens is 545 g/mol. The minimum atomic E-state index is -4.21. The Morgan fingerprint density at radius 3 is 2.15 bits per heavy atom. The first-order chi connectivity index (χ1) is 19.2. The summed E-state index contributed by atoms with van der Waals surface area (Å²) in [6, 6.07) is 17.6. The second kappa shape index (κ2) is 13.2. The summed E-state index contributed by atoms with van der Waals surface area (Å²) in [5.74, 6) is -1.11. The molecule has 8 nitrogen and oxygen atoms in total. The Labute approximate surface area is 242 Å². The van der Waals surface area contributed by atoms with Gasteiger partial charge in [-0.25, -0.2) is 12.8 Å². The van der Waals surface area contributed by atoms with Crippen LogP contribution >= 0.6 is 0 Å². The van der Waals surface area contributed by atoms with Crippen molar-refractivity contribution in [1.29, 1.82) is 0 Å². The summed E-state index contributed by atoms with van der Waals surface area (Å²) < 4.78 is 49.0. The molecule has 0 bridgehead atoms. The Hall–Kier alpha value is -3.92. The zero-order valence-electron chi connectivity index (χ0n) is 24.3. The van der Waals surface area contributed by atoms with Crippen LogP contribution in [0, 0.1) is 12.7 Å². The predicted molar refractivity (Wildman–Crippen MR) is 158 cm³/mol. The number of aryl methyl sites for hydroxylation is 1. The third-order valence-corrected chi connectivity index (χ3v) is 8.08. The summed E-state index contributed by atoms with van der Waals surface area (Å²) in [6.45, 7) is 10.2. The first-order valence-electron chi connectivity index (χ1n) is 13.4. The van der Waals surface area contributed by atoms with Crippen molar-refractivity contribution >= 4 is 27.5 Å².